The maximum absolute atomic E-state index is 13.3. The maximum atomic E-state index is 13.3. The highest BCUT2D eigenvalue weighted by Gasteiger charge is 2.08. The van der Waals surface area contributed by atoms with Crippen molar-refractivity contribution in [1.29, 1.82) is 0 Å². The minimum Gasteiger partial charge on any atom is -0.398 e. The van der Waals surface area contributed by atoms with Crippen LogP contribution in [0.5, 0.6) is 0 Å². The van der Waals surface area contributed by atoms with Crippen LogP contribution in [0.4, 0.5) is 10.1 Å². The lowest BCUT2D eigenvalue weighted by atomic mass is 10.1. The van der Waals surface area contributed by atoms with Crippen molar-refractivity contribution >= 4 is 5.69 Å². The van der Waals surface area contributed by atoms with Crippen LogP contribution >= 0.6 is 0 Å². The molecular weight excluding hydrogens is 253 g/mol. The molecule has 1 aromatic carbocycles. The van der Waals surface area contributed by atoms with Crippen molar-refractivity contribution in [3.63, 3.8) is 0 Å². The summed E-state index contributed by atoms with van der Waals surface area (Å²) in [6.07, 6.45) is 1.13. The molecule has 0 aliphatic rings. The highest BCUT2D eigenvalue weighted by molar-refractivity contribution is 5.46. The molecule has 20 heavy (non-hydrogen) atoms. The highest BCUT2D eigenvalue weighted by atomic mass is 19.1. The van der Waals surface area contributed by atoms with Gasteiger partial charge in [0.15, 0.2) is 0 Å². The predicted octanol–water partition coefficient (Wildman–Crippen LogP) is 2.96. The first-order valence-corrected chi connectivity index (χ1v) is 7.59. The molecule has 2 N–H and O–H groups in total. The van der Waals surface area contributed by atoms with Gasteiger partial charge in [-0.3, -0.25) is 4.90 Å². The number of hydrogen-bond acceptors (Lipinski definition) is 3. The highest BCUT2D eigenvalue weighted by Crippen LogP contribution is 2.15. The summed E-state index contributed by atoms with van der Waals surface area (Å²) >= 11 is 0. The molecular formula is C16H28FN3. The van der Waals surface area contributed by atoms with E-state index in [1.165, 1.54) is 6.07 Å². The first-order valence-electron chi connectivity index (χ1n) is 7.59. The van der Waals surface area contributed by atoms with Crippen LogP contribution in [0.1, 0.15) is 32.8 Å². The number of rotatable bonds is 9. The quantitative estimate of drug-likeness (QED) is 0.706. The molecule has 0 saturated heterocycles. The van der Waals surface area contributed by atoms with Gasteiger partial charge in [0, 0.05) is 12.2 Å². The summed E-state index contributed by atoms with van der Waals surface area (Å²) in [7, 11) is 0. The van der Waals surface area contributed by atoms with Crippen LogP contribution in [-0.4, -0.2) is 42.5 Å². The van der Waals surface area contributed by atoms with Crippen LogP contribution in [0.15, 0.2) is 18.2 Å². The second-order valence-corrected chi connectivity index (χ2v) is 5.09. The average molecular weight is 281 g/mol. The fourth-order valence-corrected chi connectivity index (χ4v) is 2.36. The van der Waals surface area contributed by atoms with Crippen LogP contribution in [0.25, 0.3) is 0 Å². The molecule has 0 amide bonds. The molecule has 1 rings (SSSR count). The van der Waals surface area contributed by atoms with Gasteiger partial charge in [-0.2, -0.15) is 0 Å². The second-order valence-electron chi connectivity index (χ2n) is 5.09. The van der Waals surface area contributed by atoms with Crippen molar-refractivity contribution in [2.45, 2.75) is 33.7 Å². The van der Waals surface area contributed by atoms with E-state index >= 15 is 0 Å². The van der Waals surface area contributed by atoms with Crippen molar-refractivity contribution in [2.24, 2.45) is 0 Å². The first kappa shape index (κ1) is 16.9. The smallest absolute Gasteiger partial charge is 0.123 e. The van der Waals surface area contributed by atoms with Crippen molar-refractivity contribution in [1.82, 2.24) is 9.80 Å². The lowest BCUT2D eigenvalue weighted by Crippen LogP contribution is -2.30. The number of hydrogen-bond donors (Lipinski definition) is 1. The fraction of sp³-hybridized carbons (Fsp3) is 0.625. The number of nitrogen functional groups attached to an aromatic ring is 1. The molecule has 0 aliphatic carbocycles. The topological polar surface area (TPSA) is 32.5 Å². The normalized spacial score (nSPS) is 11.5. The molecule has 0 fully saturated rings. The number of nitrogens with two attached hydrogens (primary N) is 1. The molecule has 0 radical (unpaired) electrons. The second kappa shape index (κ2) is 8.93. The van der Waals surface area contributed by atoms with Gasteiger partial charge in [0.1, 0.15) is 5.82 Å². The van der Waals surface area contributed by atoms with Crippen molar-refractivity contribution < 1.29 is 4.39 Å². The van der Waals surface area contributed by atoms with Gasteiger partial charge in [-0.05, 0) is 62.9 Å². The number of halogens is 1. The van der Waals surface area contributed by atoms with E-state index < -0.39 is 0 Å². The van der Waals surface area contributed by atoms with Crippen LogP contribution in [0.3, 0.4) is 0 Å². The molecule has 0 aliphatic heterocycles. The Hall–Kier alpha value is -1.13. The Balaban J connectivity index is 2.48. The van der Waals surface area contributed by atoms with E-state index in [-0.39, 0.29) is 5.82 Å². The van der Waals surface area contributed by atoms with E-state index in [2.05, 4.69) is 30.6 Å². The Bertz CT molecular complexity index is 391. The summed E-state index contributed by atoms with van der Waals surface area (Å²) in [6, 6.07) is 4.60. The molecule has 4 heteroatoms. The van der Waals surface area contributed by atoms with Gasteiger partial charge >= 0.3 is 0 Å². The van der Waals surface area contributed by atoms with Gasteiger partial charge in [0.2, 0.25) is 0 Å². The van der Waals surface area contributed by atoms with Gasteiger partial charge < -0.3 is 10.6 Å². The monoisotopic (exact) mass is 281 g/mol. The van der Waals surface area contributed by atoms with Crippen molar-refractivity contribution in [3.05, 3.63) is 29.6 Å². The van der Waals surface area contributed by atoms with Crippen molar-refractivity contribution in [3.8, 4) is 0 Å². The fourth-order valence-electron chi connectivity index (χ4n) is 2.36. The summed E-state index contributed by atoms with van der Waals surface area (Å²) in [4.78, 5) is 4.74. The van der Waals surface area contributed by atoms with Gasteiger partial charge in [-0.25, -0.2) is 4.39 Å². The molecule has 0 heterocycles. The van der Waals surface area contributed by atoms with Gasteiger partial charge in [-0.15, -0.1) is 0 Å². The summed E-state index contributed by atoms with van der Waals surface area (Å²) < 4.78 is 13.3. The third kappa shape index (κ3) is 5.47. The Morgan fingerprint density at radius 2 is 1.60 bits per heavy atom. The summed E-state index contributed by atoms with van der Waals surface area (Å²) in [5.74, 6) is -0.214. The minimum atomic E-state index is -0.214. The average Bonchev–Trinajstić information content (AvgIpc) is 2.46. The van der Waals surface area contributed by atoms with E-state index in [0.717, 1.165) is 51.3 Å². The van der Waals surface area contributed by atoms with E-state index in [0.29, 0.717) is 5.69 Å². The Morgan fingerprint density at radius 3 is 2.20 bits per heavy atom. The zero-order chi connectivity index (χ0) is 15.0. The molecule has 1 aromatic rings. The zero-order valence-electron chi connectivity index (χ0n) is 13.0. The van der Waals surface area contributed by atoms with Crippen LogP contribution < -0.4 is 5.73 Å². The Kier molecular flexibility index (Phi) is 7.55. The van der Waals surface area contributed by atoms with E-state index in [9.17, 15) is 4.39 Å². The van der Waals surface area contributed by atoms with Crippen LogP contribution in [-0.2, 0) is 6.54 Å². The Morgan fingerprint density at radius 1 is 1.00 bits per heavy atom. The SMILES string of the molecule is CCN(CC)CCCN(CC)Cc1cc(F)ccc1N. The molecule has 0 unspecified atom stereocenters. The molecule has 0 spiro atoms. The van der Waals surface area contributed by atoms with E-state index in [4.69, 9.17) is 5.73 Å². The predicted molar refractivity (Wildman–Crippen MR) is 84.2 cm³/mol. The number of nitrogens with zero attached hydrogens (tertiary/aromatic N) is 2. The third-order valence-corrected chi connectivity index (χ3v) is 3.79. The van der Waals surface area contributed by atoms with Gasteiger partial charge in [0.05, 0.1) is 0 Å². The minimum absolute atomic E-state index is 0.214. The Labute approximate surface area is 122 Å². The van der Waals surface area contributed by atoms with Gasteiger partial charge in [-0.1, -0.05) is 20.8 Å². The number of benzene rings is 1. The molecule has 0 bridgehead atoms. The summed E-state index contributed by atoms with van der Waals surface area (Å²) in [5, 5.41) is 0. The standard InChI is InChI=1S/C16H28FN3/c1-4-19(5-2)10-7-11-20(6-3)13-14-12-15(17)8-9-16(14)18/h8-9,12H,4-7,10-11,13,18H2,1-3H3. The molecule has 114 valence electrons. The van der Waals surface area contributed by atoms with Crippen LogP contribution in [0, 0.1) is 5.82 Å². The molecule has 0 atom stereocenters. The van der Waals surface area contributed by atoms with Crippen LogP contribution in [0.2, 0.25) is 0 Å². The molecule has 3 nitrogen and oxygen atoms in total. The van der Waals surface area contributed by atoms with Crippen molar-refractivity contribution in [2.75, 3.05) is 38.5 Å². The zero-order valence-corrected chi connectivity index (χ0v) is 13.0. The largest absolute Gasteiger partial charge is 0.398 e. The van der Waals surface area contributed by atoms with E-state index in [1.54, 1.807) is 12.1 Å². The maximum Gasteiger partial charge on any atom is 0.123 e. The summed E-state index contributed by atoms with van der Waals surface area (Å²) in [6.45, 7) is 12.5. The first-order chi connectivity index (χ1) is 9.60. The molecule has 0 saturated carbocycles. The number of anilines is 1. The van der Waals surface area contributed by atoms with Gasteiger partial charge in [0.25, 0.3) is 0 Å². The van der Waals surface area contributed by atoms with E-state index in [1.807, 2.05) is 0 Å². The molecule has 0 aromatic heterocycles. The lowest BCUT2D eigenvalue weighted by Gasteiger charge is -2.24. The third-order valence-electron chi connectivity index (χ3n) is 3.79. The lowest BCUT2D eigenvalue weighted by molar-refractivity contribution is 0.238. The summed E-state index contributed by atoms with van der Waals surface area (Å²) in [5.41, 5.74) is 7.47.